The Labute approximate surface area is 150 Å². The minimum absolute atomic E-state index is 0.0714. The van der Waals surface area contributed by atoms with Crippen LogP contribution >= 0.6 is 15.9 Å². The molecular formula is C20H17BrN2O. The van der Waals surface area contributed by atoms with Crippen molar-refractivity contribution in [3.63, 3.8) is 0 Å². The predicted molar refractivity (Wildman–Crippen MR) is 100 cm³/mol. The number of carbonyl (C=O) groups is 1. The highest BCUT2D eigenvalue weighted by atomic mass is 79.9. The number of hydrogen-bond donors (Lipinski definition) is 1. The Morgan fingerprint density at radius 2 is 1.71 bits per heavy atom. The van der Waals surface area contributed by atoms with Gasteiger partial charge in [0.05, 0.1) is 0 Å². The maximum atomic E-state index is 12.1. The molecule has 24 heavy (non-hydrogen) atoms. The molecule has 2 aromatic carbocycles. The van der Waals surface area contributed by atoms with E-state index in [-0.39, 0.29) is 11.5 Å². The second-order valence-electron chi connectivity index (χ2n) is 5.10. The average Bonchev–Trinajstić information content (AvgIpc) is 2.61. The van der Waals surface area contributed by atoms with E-state index >= 15 is 0 Å². The van der Waals surface area contributed by atoms with Gasteiger partial charge in [-0.2, -0.15) is 5.26 Å². The van der Waals surface area contributed by atoms with Crippen LogP contribution in [0.4, 0.5) is 0 Å². The topological polar surface area (TPSA) is 52.9 Å². The number of rotatable bonds is 6. The Morgan fingerprint density at radius 1 is 1.08 bits per heavy atom. The van der Waals surface area contributed by atoms with Gasteiger partial charge >= 0.3 is 0 Å². The Balaban J connectivity index is 1.95. The summed E-state index contributed by atoms with van der Waals surface area (Å²) in [5.41, 5.74) is 2.20. The number of halogens is 1. The summed E-state index contributed by atoms with van der Waals surface area (Å²) < 4.78 is 0.670. The van der Waals surface area contributed by atoms with Crippen molar-refractivity contribution >= 4 is 27.9 Å². The fourth-order valence-corrected chi connectivity index (χ4v) is 2.59. The standard InChI is InChI=1S/C20H17BrN2O/c21-19(13-17-9-5-2-6-10-17)14-18(15-22)20(24)23-12-11-16-7-3-1-4-8-16/h1-10,13-14H,11-12H2,(H,23,24)/b18-14+,19-13-. The van der Waals surface area contributed by atoms with Crippen molar-refractivity contribution in [3.8, 4) is 6.07 Å². The lowest BCUT2D eigenvalue weighted by Crippen LogP contribution is -2.26. The Kier molecular flexibility index (Phi) is 7.00. The second-order valence-corrected chi connectivity index (χ2v) is 6.02. The molecule has 0 unspecified atom stereocenters. The average molecular weight is 381 g/mol. The number of hydrogen-bond acceptors (Lipinski definition) is 2. The van der Waals surface area contributed by atoms with Crippen LogP contribution in [0.2, 0.25) is 0 Å². The number of allylic oxidation sites excluding steroid dienone is 2. The normalized spacial score (nSPS) is 11.7. The van der Waals surface area contributed by atoms with Crippen molar-refractivity contribution in [2.24, 2.45) is 0 Å². The van der Waals surface area contributed by atoms with Crippen molar-refractivity contribution in [2.45, 2.75) is 6.42 Å². The Bertz CT molecular complexity index is 774. The summed E-state index contributed by atoms with van der Waals surface area (Å²) in [7, 11) is 0. The molecular weight excluding hydrogens is 364 g/mol. The monoisotopic (exact) mass is 380 g/mol. The van der Waals surface area contributed by atoms with E-state index in [9.17, 15) is 10.1 Å². The molecule has 0 aromatic heterocycles. The van der Waals surface area contributed by atoms with E-state index in [1.54, 1.807) is 0 Å². The molecule has 2 aromatic rings. The van der Waals surface area contributed by atoms with Crippen molar-refractivity contribution < 1.29 is 4.79 Å². The Hall–Kier alpha value is -2.64. The van der Waals surface area contributed by atoms with Gasteiger partial charge in [-0.05, 0) is 29.7 Å². The van der Waals surface area contributed by atoms with E-state index in [4.69, 9.17) is 0 Å². The first-order chi connectivity index (χ1) is 11.7. The largest absolute Gasteiger partial charge is 0.351 e. The van der Waals surface area contributed by atoms with Crippen LogP contribution in [0.3, 0.4) is 0 Å². The first kappa shape index (κ1) is 17.7. The van der Waals surface area contributed by atoms with Crippen LogP contribution < -0.4 is 5.32 Å². The molecule has 0 heterocycles. The summed E-state index contributed by atoms with van der Waals surface area (Å²) in [6.45, 7) is 0.488. The fourth-order valence-electron chi connectivity index (χ4n) is 2.10. The van der Waals surface area contributed by atoms with Crippen LogP contribution in [0.15, 0.2) is 76.8 Å². The van der Waals surface area contributed by atoms with E-state index in [1.807, 2.05) is 72.8 Å². The third-order valence-corrected chi connectivity index (χ3v) is 3.75. The molecule has 4 heteroatoms. The molecule has 1 N–H and O–H groups in total. The summed E-state index contributed by atoms with van der Waals surface area (Å²) >= 11 is 3.38. The first-order valence-corrected chi connectivity index (χ1v) is 8.34. The molecule has 0 bridgehead atoms. The van der Waals surface area contributed by atoms with Gasteiger partial charge in [0.25, 0.3) is 5.91 Å². The summed E-state index contributed by atoms with van der Waals surface area (Å²) in [4.78, 5) is 12.1. The van der Waals surface area contributed by atoms with Gasteiger partial charge in [-0.15, -0.1) is 0 Å². The predicted octanol–water partition coefficient (Wildman–Crippen LogP) is 4.23. The molecule has 0 fully saturated rings. The molecule has 0 saturated heterocycles. The zero-order chi connectivity index (χ0) is 17.2. The third kappa shape index (κ3) is 5.86. The molecule has 120 valence electrons. The van der Waals surface area contributed by atoms with E-state index in [0.29, 0.717) is 11.0 Å². The highest BCUT2D eigenvalue weighted by Gasteiger charge is 2.08. The van der Waals surface area contributed by atoms with Crippen LogP contribution in [0.5, 0.6) is 0 Å². The molecule has 0 radical (unpaired) electrons. The first-order valence-electron chi connectivity index (χ1n) is 7.55. The number of nitrogens with zero attached hydrogens (tertiary/aromatic N) is 1. The second kappa shape index (κ2) is 9.49. The number of nitriles is 1. The maximum Gasteiger partial charge on any atom is 0.261 e. The molecule has 0 atom stereocenters. The zero-order valence-corrected chi connectivity index (χ0v) is 14.7. The van der Waals surface area contributed by atoms with Gasteiger partial charge in [-0.25, -0.2) is 0 Å². The van der Waals surface area contributed by atoms with E-state index < -0.39 is 0 Å². The van der Waals surface area contributed by atoms with E-state index in [2.05, 4.69) is 21.2 Å². The molecule has 0 aliphatic rings. The van der Waals surface area contributed by atoms with Gasteiger partial charge in [0, 0.05) is 11.0 Å². The van der Waals surface area contributed by atoms with Gasteiger partial charge in [0.2, 0.25) is 0 Å². The van der Waals surface area contributed by atoms with Crippen molar-refractivity contribution in [2.75, 3.05) is 6.54 Å². The zero-order valence-electron chi connectivity index (χ0n) is 13.1. The van der Waals surface area contributed by atoms with Crippen LogP contribution in [0.25, 0.3) is 6.08 Å². The van der Waals surface area contributed by atoms with Gasteiger partial charge in [0.1, 0.15) is 11.6 Å². The van der Waals surface area contributed by atoms with Gasteiger partial charge < -0.3 is 5.32 Å². The summed E-state index contributed by atoms with van der Waals surface area (Å²) in [6.07, 6.45) is 4.12. The Morgan fingerprint density at radius 3 is 2.33 bits per heavy atom. The van der Waals surface area contributed by atoms with Crippen molar-refractivity contribution in [1.29, 1.82) is 5.26 Å². The smallest absolute Gasteiger partial charge is 0.261 e. The van der Waals surface area contributed by atoms with E-state index in [0.717, 1.165) is 17.5 Å². The van der Waals surface area contributed by atoms with Crippen molar-refractivity contribution in [1.82, 2.24) is 5.32 Å². The number of carbonyl (C=O) groups excluding carboxylic acids is 1. The number of amides is 1. The minimum atomic E-state index is -0.369. The van der Waals surface area contributed by atoms with Crippen molar-refractivity contribution in [3.05, 3.63) is 87.9 Å². The molecule has 0 saturated carbocycles. The highest BCUT2D eigenvalue weighted by molar-refractivity contribution is 9.12. The lowest BCUT2D eigenvalue weighted by Gasteiger charge is -2.04. The SMILES string of the molecule is N#C/C(=C\C(Br)=C\c1ccccc1)C(=O)NCCc1ccccc1. The minimum Gasteiger partial charge on any atom is -0.351 e. The lowest BCUT2D eigenvalue weighted by molar-refractivity contribution is -0.117. The molecule has 0 spiro atoms. The number of nitrogens with one attached hydrogen (secondary N) is 1. The highest BCUT2D eigenvalue weighted by Crippen LogP contribution is 2.15. The molecule has 1 amide bonds. The molecule has 3 nitrogen and oxygen atoms in total. The fraction of sp³-hybridized carbons (Fsp3) is 0.100. The molecule has 0 aliphatic carbocycles. The summed E-state index contributed by atoms with van der Waals surface area (Å²) in [5, 5.41) is 12.0. The van der Waals surface area contributed by atoms with Gasteiger partial charge in [-0.3, -0.25) is 4.79 Å². The molecule has 2 rings (SSSR count). The summed E-state index contributed by atoms with van der Waals surface area (Å²) in [5.74, 6) is -0.369. The van der Waals surface area contributed by atoms with Crippen LogP contribution in [-0.4, -0.2) is 12.5 Å². The van der Waals surface area contributed by atoms with E-state index in [1.165, 1.54) is 6.08 Å². The molecule has 0 aliphatic heterocycles. The van der Waals surface area contributed by atoms with Gasteiger partial charge in [0.15, 0.2) is 0 Å². The lowest BCUT2D eigenvalue weighted by atomic mass is 10.1. The number of benzene rings is 2. The van der Waals surface area contributed by atoms with Crippen LogP contribution in [0.1, 0.15) is 11.1 Å². The van der Waals surface area contributed by atoms with Gasteiger partial charge in [-0.1, -0.05) is 76.6 Å². The quantitative estimate of drug-likeness (QED) is 0.463. The van der Waals surface area contributed by atoms with Crippen LogP contribution in [0, 0.1) is 11.3 Å². The van der Waals surface area contributed by atoms with Crippen LogP contribution in [-0.2, 0) is 11.2 Å². The summed E-state index contributed by atoms with van der Waals surface area (Å²) in [6, 6.07) is 21.5. The maximum absolute atomic E-state index is 12.1. The third-order valence-electron chi connectivity index (χ3n) is 3.29.